The highest BCUT2D eigenvalue weighted by molar-refractivity contribution is 5.31. The highest BCUT2D eigenvalue weighted by Gasteiger charge is 2.38. The van der Waals surface area contributed by atoms with Gasteiger partial charge in [0.2, 0.25) is 0 Å². The summed E-state index contributed by atoms with van der Waals surface area (Å²) < 4.78 is 0. The molecule has 168 valence electrons. The van der Waals surface area contributed by atoms with Gasteiger partial charge in [0, 0.05) is 18.8 Å². The van der Waals surface area contributed by atoms with Crippen molar-refractivity contribution in [1.82, 2.24) is 4.90 Å². The molecule has 3 rings (SSSR count). The van der Waals surface area contributed by atoms with Crippen molar-refractivity contribution in [2.24, 2.45) is 17.8 Å². The number of allylic oxidation sites excluding steroid dienone is 6. The Kier molecular flexibility index (Phi) is 9.25. The Morgan fingerprint density at radius 1 is 1.06 bits per heavy atom. The predicted molar refractivity (Wildman–Crippen MR) is 136 cm³/mol. The van der Waals surface area contributed by atoms with Crippen molar-refractivity contribution in [1.29, 1.82) is 0 Å². The monoisotopic (exact) mass is 417 g/mol. The molecule has 2 atom stereocenters. The smallest absolute Gasteiger partial charge is 0.0366 e. The molecule has 1 aromatic carbocycles. The SMILES string of the molecule is C=C\C=C(/C=C/C=C\CC1CCC2CC2CC1)N(CCC)CCc1ccc(C)cc1C. The van der Waals surface area contributed by atoms with Gasteiger partial charge in [-0.1, -0.05) is 61.6 Å². The summed E-state index contributed by atoms with van der Waals surface area (Å²) in [4.78, 5) is 2.50. The molecule has 2 unspecified atom stereocenters. The summed E-state index contributed by atoms with van der Waals surface area (Å²) in [5, 5.41) is 0. The maximum absolute atomic E-state index is 3.95. The average Bonchev–Trinajstić information content (AvgIpc) is 3.52. The number of hydrogen-bond donors (Lipinski definition) is 0. The minimum Gasteiger partial charge on any atom is -0.371 e. The lowest BCUT2D eigenvalue weighted by Gasteiger charge is -2.26. The maximum Gasteiger partial charge on any atom is 0.0366 e. The zero-order chi connectivity index (χ0) is 22.1. The van der Waals surface area contributed by atoms with Crippen LogP contribution >= 0.6 is 0 Å². The molecule has 0 bridgehead atoms. The van der Waals surface area contributed by atoms with E-state index in [1.807, 2.05) is 6.08 Å². The number of rotatable bonds is 11. The van der Waals surface area contributed by atoms with Crippen LogP contribution in [0.1, 0.15) is 68.6 Å². The molecule has 0 saturated heterocycles. The number of nitrogens with zero attached hydrogens (tertiary/aromatic N) is 1. The third kappa shape index (κ3) is 7.56. The van der Waals surface area contributed by atoms with E-state index in [-0.39, 0.29) is 0 Å². The summed E-state index contributed by atoms with van der Waals surface area (Å²) >= 11 is 0. The fraction of sp³-hybridized carbons (Fsp3) is 0.533. The first-order valence-corrected chi connectivity index (χ1v) is 12.6. The average molecular weight is 418 g/mol. The van der Waals surface area contributed by atoms with Crippen LogP contribution in [0.4, 0.5) is 0 Å². The summed E-state index contributed by atoms with van der Waals surface area (Å²) in [6.07, 6.45) is 24.1. The third-order valence-corrected chi connectivity index (χ3v) is 7.24. The van der Waals surface area contributed by atoms with Crippen molar-refractivity contribution in [3.63, 3.8) is 0 Å². The Balaban J connectivity index is 1.54. The molecular formula is C30H43N. The summed E-state index contributed by atoms with van der Waals surface area (Å²) in [7, 11) is 0. The van der Waals surface area contributed by atoms with E-state index in [1.165, 1.54) is 60.9 Å². The van der Waals surface area contributed by atoms with E-state index < -0.39 is 0 Å². The van der Waals surface area contributed by atoms with E-state index >= 15 is 0 Å². The van der Waals surface area contributed by atoms with Crippen LogP contribution in [0.25, 0.3) is 0 Å². The van der Waals surface area contributed by atoms with Crippen molar-refractivity contribution in [3.8, 4) is 0 Å². The zero-order valence-corrected chi connectivity index (χ0v) is 20.2. The summed E-state index contributed by atoms with van der Waals surface area (Å²) in [6, 6.07) is 6.82. The van der Waals surface area contributed by atoms with Gasteiger partial charge in [0.25, 0.3) is 0 Å². The first-order valence-electron chi connectivity index (χ1n) is 12.6. The molecule has 0 aromatic heterocycles. The molecule has 0 N–H and O–H groups in total. The largest absolute Gasteiger partial charge is 0.371 e. The van der Waals surface area contributed by atoms with E-state index in [9.17, 15) is 0 Å². The van der Waals surface area contributed by atoms with Gasteiger partial charge in [-0.25, -0.2) is 0 Å². The fourth-order valence-corrected chi connectivity index (χ4v) is 5.21. The molecule has 1 aromatic rings. The van der Waals surface area contributed by atoms with Crippen LogP contribution in [-0.2, 0) is 6.42 Å². The predicted octanol–water partition coefficient (Wildman–Crippen LogP) is 7.96. The standard InChI is InChI=1S/C30H43N/c1-5-10-30(12-9-7-8-11-26-14-17-28-23-29(28)18-15-26)31(20-6-2)21-19-27-16-13-24(3)22-25(27)4/h5,7-10,12-13,16,22,26,28-29H,1,6,11,14-15,17-21,23H2,2-4H3/b8-7-,12-9+,30-10+. The van der Waals surface area contributed by atoms with Crippen molar-refractivity contribution in [3.05, 3.63) is 83.6 Å². The van der Waals surface area contributed by atoms with Crippen molar-refractivity contribution < 1.29 is 0 Å². The molecule has 0 amide bonds. The Hall–Kier alpha value is -2.02. The lowest BCUT2D eigenvalue weighted by molar-refractivity contribution is 0.358. The minimum atomic E-state index is 0.912. The van der Waals surface area contributed by atoms with Crippen LogP contribution in [0.15, 0.2) is 66.9 Å². The number of fused-ring (bicyclic) bond motifs is 1. The number of benzene rings is 1. The highest BCUT2D eigenvalue weighted by atomic mass is 15.1. The van der Waals surface area contributed by atoms with Crippen molar-refractivity contribution in [2.75, 3.05) is 13.1 Å². The molecule has 0 heterocycles. The van der Waals surface area contributed by atoms with E-state index in [0.29, 0.717) is 0 Å². The van der Waals surface area contributed by atoms with Crippen LogP contribution in [0.3, 0.4) is 0 Å². The Labute approximate surface area is 191 Å². The van der Waals surface area contributed by atoms with Crippen LogP contribution in [0.2, 0.25) is 0 Å². The Morgan fingerprint density at radius 2 is 1.84 bits per heavy atom. The van der Waals surface area contributed by atoms with Crippen molar-refractivity contribution in [2.45, 2.75) is 72.1 Å². The summed E-state index contributed by atoms with van der Waals surface area (Å²) in [5.74, 6) is 3.09. The molecule has 1 heteroatoms. The van der Waals surface area contributed by atoms with E-state index in [4.69, 9.17) is 0 Å². The number of hydrogen-bond acceptors (Lipinski definition) is 1. The van der Waals surface area contributed by atoms with Crippen LogP contribution < -0.4 is 0 Å². The molecular weight excluding hydrogens is 374 g/mol. The lowest BCUT2D eigenvalue weighted by Crippen LogP contribution is -2.26. The van der Waals surface area contributed by atoms with Gasteiger partial charge >= 0.3 is 0 Å². The maximum atomic E-state index is 3.95. The lowest BCUT2D eigenvalue weighted by atomic mass is 9.95. The first-order chi connectivity index (χ1) is 15.1. The van der Waals surface area contributed by atoms with Gasteiger partial charge in [-0.15, -0.1) is 0 Å². The fourth-order valence-electron chi connectivity index (χ4n) is 5.21. The van der Waals surface area contributed by atoms with Crippen LogP contribution in [0.5, 0.6) is 0 Å². The van der Waals surface area contributed by atoms with Crippen molar-refractivity contribution >= 4 is 0 Å². The molecule has 2 aliphatic rings. The van der Waals surface area contributed by atoms with Gasteiger partial charge in [0.1, 0.15) is 0 Å². The second-order valence-electron chi connectivity index (χ2n) is 9.79. The van der Waals surface area contributed by atoms with Gasteiger partial charge in [0.05, 0.1) is 0 Å². The molecule has 0 aliphatic heterocycles. The van der Waals surface area contributed by atoms with E-state index in [0.717, 1.165) is 43.7 Å². The summed E-state index contributed by atoms with van der Waals surface area (Å²) in [6.45, 7) is 12.7. The second kappa shape index (κ2) is 12.1. The molecule has 1 nitrogen and oxygen atoms in total. The molecule has 2 fully saturated rings. The molecule has 2 aliphatic carbocycles. The molecule has 31 heavy (non-hydrogen) atoms. The van der Waals surface area contributed by atoms with Gasteiger partial charge in [-0.05, 0) is 106 Å². The Morgan fingerprint density at radius 3 is 2.52 bits per heavy atom. The van der Waals surface area contributed by atoms with Gasteiger partial charge < -0.3 is 4.90 Å². The van der Waals surface area contributed by atoms with Gasteiger partial charge in [-0.3, -0.25) is 0 Å². The topological polar surface area (TPSA) is 3.24 Å². The second-order valence-corrected chi connectivity index (χ2v) is 9.79. The normalized spacial score (nSPS) is 23.7. The van der Waals surface area contributed by atoms with Crippen LogP contribution in [0, 0.1) is 31.6 Å². The minimum absolute atomic E-state index is 0.912. The molecule has 2 saturated carbocycles. The first kappa shape index (κ1) is 23.6. The van der Waals surface area contributed by atoms with Crippen LogP contribution in [-0.4, -0.2) is 18.0 Å². The third-order valence-electron chi connectivity index (χ3n) is 7.24. The quantitative estimate of drug-likeness (QED) is 0.330. The van der Waals surface area contributed by atoms with E-state index in [2.05, 4.69) is 80.8 Å². The van der Waals surface area contributed by atoms with Gasteiger partial charge in [-0.2, -0.15) is 0 Å². The van der Waals surface area contributed by atoms with Gasteiger partial charge in [0.15, 0.2) is 0 Å². The molecule has 0 radical (unpaired) electrons. The van der Waals surface area contributed by atoms with E-state index in [1.54, 1.807) is 0 Å². The zero-order valence-electron chi connectivity index (χ0n) is 20.2. The number of aryl methyl sites for hydroxylation is 2. The Bertz CT molecular complexity index is 785. The molecule has 0 spiro atoms. The highest BCUT2D eigenvalue weighted by Crippen LogP contribution is 2.49. The summed E-state index contributed by atoms with van der Waals surface area (Å²) in [5.41, 5.74) is 5.46.